The molecule has 5 rings (SSSR count). The Morgan fingerprint density at radius 1 is 1.11 bits per heavy atom. The number of carbonyl (C=O) groups excluding carboxylic acids is 2. The lowest BCUT2D eigenvalue weighted by atomic mass is 10.0. The van der Waals surface area contributed by atoms with Crippen LogP contribution in [0.5, 0.6) is 0 Å². The van der Waals surface area contributed by atoms with Gasteiger partial charge in [0.2, 0.25) is 5.91 Å². The lowest BCUT2D eigenvalue weighted by molar-refractivity contribution is -0.123. The highest BCUT2D eigenvalue weighted by molar-refractivity contribution is 7.12. The number of para-hydroxylation sites is 1. The minimum Gasteiger partial charge on any atom is -0.378 e. The maximum Gasteiger partial charge on any atom is 0.262 e. The number of fused-ring (bicyclic) bond motifs is 1. The van der Waals surface area contributed by atoms with Crippen molar-refractivity contribution in [1.82, 2.24) is 20.6 Å². The highest BCUT2D eigenvalue weighted by atomic mass is 32.1. The van der Waals surface area contributed by atoms with Crippen molar-refractivity contribution in [3.63, 3.8) is 0 Å². The van der Waals surface area contributed by atoms with Gasteiger partial charge in [-0.3, -0.25) is 9.59 Å². The summed E-state index contributed by atoms with van der Waals surface area (Å²) in [6.45, 7) is 3.38. The number of hydrogen-bond donors (Lipinski definition) is 3. The number of nitrogens with zero attached hydrogens (tertiary/aromatic N) is 2. The first kappa shape index (κ1) is 23.1. The maximum absolute atomic E-state index is 13.2. The maximum atomic E-state index is 13.2. The van der Waals surface area contributed by atoms with Crippen LogP contribution in [0.4, 0.5) is 5.82 Å². The second-order valence-corrected chi connectivity index (χ2v) is 9.36. The number of benzene rings is 1. The molecule has 9 heteroatoms. The molecule has 0 saturated carbocycles. The molecule has 1 fully saturated rings. The number of aromatic nitrogens is 2. The van der Waals surface area contributed by atoms with Crippen LogP contribution < -0.4 is 15.5 Å². The third-order valence-corrected chi connectivity index (χ3v) is 6.95. The molecule has 1 atom stereocenters. The molecule has 1 aliphatic heterocycles. The Balaban J connectivity index is 1.27. The van der Waals surface area contributed by atoms with E-state index in [0.717, 1.165) is 40.9 Å². The van der Waals surface area contributed by atoms with Gasteiger partial charge < -0.3 is 25.3 Å². The molecule has 4 aromatic rings. The van der Waals surface area contributed by atoms with Crippen LogP contribution in [0.3, 0.4) is 0 Å². The summed E-state index contributed by atoms with van der Waals surface area (Å²) in [5.74, 6) is 0.415. The van der Waals surface area contributed by atoms with Gasteiger partial charge in [0, 0.05) is 49.4 Å². The van der Waals surface area contributed by atoms with Crippen molar-refractivity contribution >= 4 is 39.9 Å². The van der Waals surface area contributed by atoms with E-state index < -0.39 is 6.04 Å². The summed E-state index contributed by atoms with van der Waals surface area (Å²) < 4.78 is 5.40. The minimum atomic E-state index is -0.718. The van der Waals surface area contributed by atoms with Crippen LogP contribution in [0.25, 0.3) is 10.9 Å². The molecule has 3 N–H and O–H groups in total. The summed E-state index contributed by atoms with van der Waals surface area (Å²) in [5, 5.41) is 8.78. The van der Waals surface area contributed by atoms with E-state index in [-0.39, 0.29) is 11.8 Å². The average Bonchev–Trinajstić information content (AvgIpc) is 3.59. The predicted octanol–water partition coefficient (Wildman–Crippen LogP) is 3.12. The number of amides is 2. The predicted molar refractivity (Wildman–Crippen MR) is 137 cm³/mol. The van der Waals surface area contributed by atoms with Gasteiger partial charge in [-0.1, -0.05) is 30.3 Å². The molecule has 0 spiro atoms. The molecule has 1 aromatic carbocycles. The number of morpholine rings is 1. The van der Waals surface area contributed by atoms with Crippen molar-refractivity contribution in [2.24, 2.45) is 0 Å². The zero-order valence-electron chi connectivity index (χ0n) is 19.2. The largest absolute Gasteiger partial charge is 0.378 e. The van der Waals surface area contributed by atoms with E-state index in [1.165, 1.54) is 11.3 Å². The standard InChI is InChI=1S/C26H27N5O3S/c32-25(29-16-18-7-8-24(28-15-18)31-9-11-34-12-10-31)22(30-26(33)23-6-3-13-35-23)14-19-17-27-21-5-2-1-4-20(19)21/h1-8,13,15,17,22,27H,9-12,14,16H2,(H,29,32)(H,30,33). The van der Waals surface area contributed by atoms with Crippen molar-refractivity contribution in [3.05, 3.63) is 82.3 Å². The Hall–Kier alpha value is -3.69. The molecule has 1 unspecified atom stereocenters. The van der Waals surface area contributed by atoms with E-state index in [1.807, 2.05) is 54.0 Å². The van der Waals surface area contributed by atoms with E-state index in [2.05, 4.69) is 25.5 Å². The molecule has 8 nitrogen and oxygen atoms in total. The third-order valence-electron chi connectivity index (χ3n) is 6.08. The van der Waals surface area contributed by atoms with Gasteiger partial charge in [0.15, 0.2) is 0 Å². The van der Waals surface area contributed by atoms with Crippen molar-refractivity contribution in [2.75, 3.05) is 31.2 Å². The Morgan fingerprint density at radius 3 is 2.74 bits per heavy atom. The van der Waals surface area contributed by atoms with Crippen LogP contribution in [0.1, 0.15) is 20.8 Å². The molecule has 35 heavy (non-hydrogen) atoms. The topological polar surface area (TPSA) is 99.3 Å². The zero-order valence-corrected chi connectivity index (χ0v) is 20.0. The first-order chi connectivity index (χ1) is 17.2. The molecule has 3 aromatic heterocycles. The molecule has 0 radical (unpaired) electrons. The number of ether oxygens (including phenoxy) is 1. The Labute approximate surface area is 207 Å². The van der Waals surface area contributed by atoms with Gasteiger partial charge in [-0.15, -0.1) is 11.3 Å². The van der Waals surface area contributed by atoms with E-state index >= 15 is 0 Å². The summed E-state index contributed by atoms with van der Waals surface area (Å²) in [4.78, 5) is 36.5. The molecule has 180 valence electrons. The second kappa shape index (κ2) is 10.7. The van der Waals surface area contributed by atoms with E-state index in [1.54, 1.807) is 12.3 Å². The van der Waals surface area contributed by atoms with Crippen LogP contribution >= 0.6 is 11.3 Å². The van der Waals surface area contributed by atoms with Gasteiger partial charge in [-0.25, -0.2) is 4.98 Å². The Kier molecular flexibility index (Phi) is 7.06. The molecule has 2 amide bonds. The van der Waals surface area contributed by atoms with Gasteiger partial charge in [0.1, 0.15) is 11.9 Å². The summed E-state index contributed by atoms with van der Waals surface area (Å²) in [6, 6.07) is 14.7. The molecular weight excluding hydrogens is 462 g/mol. The number of pyridine rings is 1. The van der Waals surface area contributed by atoms with Gasteiger partial charge >= 0.3 is 0 Å². The van der Waals surface area contributed by atoms with E-state index in [0.29, 0.717) is 31.1 Å². The highest BCUT2D eigenvalue weighted by Crippen LogP contribution is 2.20. The number of nitrogens with one attached hydrogen (secondary N) is 3. The van der Waals surface area contributed by atoms with Crippen molar-refractivity contribution in [2.45, 2.75) is 19.0 Å². The number of aromatic amines is 1. The fraction of sp³-hybridized carbons (Fsp3) is 0.269. The highest BCUT2D eigenvalue weighted by Gasteiger charge is 2.23. The molecule has 0 aliphatic carbocycles. The van der Waals surface area contributed by atoms with Gasteiger partial charge in [0.25, 0.3) is 5.91 Å². The van der Waals surface area contributed by atoms with Gasteiger partial charge in [0.05, 0.1) is 18.1 Å². The molecule has 1 aliphatic rings. The van der Waals surface area contributed by atoms with Crippen LogP contribution in [-0.2, 0) is 22.5 Å². The fourth-order valence-electron chi connectivity index (χ4n) is 4.18. The average molecular weight is 490 g/mol. The lowest BCUT2D eigenvalue weighted by Gasteiger charge is -2.27. The molecule has 4 heterocycles. The SMILES string of the molecule is O=C(NC(Cc1c[nH]c2ccccc12)C(=O)NCc1ccc(N2CCOCC2)nc1)c1cccs1. The summed E-state index contributed by atoms with van der Waals surface area (Å²) >= 11 is 1.35. The number of anilines is 1. The lowest BCUT2D eigenvalue weighted by Crippen LogP contribution is -2.47. The zero-order chi connectivity index (χ0) is 24.0. The molecule has 0 bridgehead atoms. The monoisotopic (exact) mass is 489 g/mol. The second-order valence-electron chi connectivity index (χ2n) is 8.41. The number of carbonyl (C=O) groups is 2. The third kappa shape index (κ3) is 5.52. The smallest absolute Gasteiger partial charge is 0.262 e. The summed E-state index contributed by atoms with van der Waals surface area (Å²) in [6.07, 6.45) is 4.06. The van der Waals surface area contributed by atoms with Gasteiger partial charge in [-0.05, 0) is 34.7 Å². The Bertz CT molecular complexity index is 1280. The molecular formula is C26H27N5O3S. The van der Waals surface area contributed by atoms with Crippen molar-refractivity contribution < 1.29 is 14.3 Å². The number of H-pyrrole nitrogens is 1. The van der Waals surface area contributed by atoms with E-state index in [4.69, 9.17) is 4.74 Å². The molecule has 1 saturated heterocycles. The van der Waals surface area contributed by atoms with Crippen LogP contribution in [0, 0.1) is 0 Å². The van der Waals surface area contributed by atoms with Crippen LogP contribution in [-0.4, -0.2) is 54.1 Å². The normalized spacial score (nSPS) is 14.6. The first-order valence-electron chi connectivity index (χ1n) is 11.6. The van der Waals surface area contributed by atoms with Crippen LogP contribution in [0.2, 0.25) is 0 Å². The number of hydrogen-bond acceptors (Lipinski definition) is 6. The number of rotatable bonds is 8. The minimum absolute atomic E-state index is 0.238. The quantitative estimate of drug-likeness (QED) is 0.353. The fourth-order valence-corrected chi connectivity index (χ4v) is 4.81. The van der Waals surface area contributed by atoms with Crippen molar-refractivity contribution in [1.29, 1.82) is 0 Å². The first-order valence-corrected chi connectivity index (χ1v) is 12.5. The van der Waals surface area contributed by atoms with Crippen molar-refractivity contribution in [3.8, 4) is 0 Å². The Morgan fingerprint density at radius 2 is 1.97 bits per heavy atom. The summed E-state index contributed by atoms with van der Waals surface area (Å²) in [7, 11) is 0. The van der Waals surface area contributed by atoms with Gasteiger partial charge in [-0.2, -0.15) is 0 Å². The number of thiophene rings is 1. The van der Waals surface area contributed by atoms with E-state index in [9.17, 15) is 9.59 Å². The summed E-state index contributed by atoms with van der Waals surface area (Å²) in [5.41, 5.74) is 2.87. The van der Waals surface area contributed by atoms with Crippen LogP contribution in [0.15, 0.2) is 66.3 Å².